The van der Waals surface area contributed by atoms with Gasteiger partial charge in [0.2, 0.25) is 5.91 Å². The zero-order valence-corrected chi connectivity index (χ0v) is 10.5. The van der Waals surface area contributed by atoms with Crippen molar-refractivity contribution in [2.45, 2.75) is 25.4 Å². The molecule has 0 radical (unpaired) electrons. The van der Waals surface area contributed by atoms with E-state index >= 15 is 0 Å². The highest BCUT2D eigenvalue weighted by atomic mass is 16.5. The van der Waals surface area contributed by atoms with E-state index in [1.807, 2.05) is 12.1 Å². The molecule has 4 heteroatoms. The topological polar surface area (TPSA) is 55.6 Å². The van der Waals surface area contributed by atoms with Crippen LogP contribution in [0.25, 0.3) is 0 Å². The van der Waals surface area contributed by atoms with Gasteiger partial charge in [-0.15, -0.1) is 0 Å². The number of anilines is 1. The van der Waals surface area contributed by atoms with Crippen LogP contribution in [-0.4, -0.2) is 31.2 Å². The van der Waals surface area contributed by atoms with E-state index in [1.165, 1.54) is 11.3 Å². The van der Waals surface area contributed by atoms with Gasteiger partial charge in [0, 0.05) is 11.7 Å². The van der Waals surface area contributed by atoms with Gasteiger partial charge in [0.05, 0.1) is 25.2 Å². The fourth-order valence-corrected chi connectivity index (χ4v) is 3.17. The van der Waals surface area contributed by atoms with Crippen molar-refractivity contribution < 1.29 is 9.53 Å². The van der Waals surface area contributed by atoms with E-state index < -0.39 is 0 Å². The van der Waals surface area contributed by atoms with Gasteiger partial charge in [-0.05, 0) is 25.0 Å². The number of fused-ring (bicyclic) bond motifs is 3. The predicted octanol–water partition coefficient (Wildman–Crippen LogP) is 0.938. The van der Waals surface area contributed by atoms with Crippen molar-refractivity contribution >= 4 is 11.6 Å². The zero-order valence-electron chi connectivity index (χ0n) is 10.5. The van der Waals surface area contributed by atoms with Gasteiger partial charge in [-0.3, -0.25) is 4.79 Å². The lowest BCUT2D eigenvalue weighted by molar-refractivity contribution is -0.123. The molecule has 0 bridgehead atoms. The number of ether oxygens (including phenoxy) is 1. The van der Waals surface area contributed by atoms with E-state index in [0.717, 1.165) is 6.42 Å². The summed E-state index contributed by atoms with van der Waals surface area (Å²) in [5, 5.41) is 0. The van der Waals surface area contributed by atoms with Gasteiger partial charge in [0.15, 0.2) is 0 Å². The van der Waals surface area contributed by atoms with Crippen LogP contribution in [0.3, 0.4) is 0 Å². The maximum Gasteiger partial charge on any atom is 0.223 e. The first-order valence-electron chi connectivity index (χ1n) is 6.42. The molecule has 1 aromatic carbocycles. The highest BCUT2D eigenvalue weighted by Crippen LogP contribution is 2.37. The van der Waals surface area contributed by atoms with Gasteiger partial charge in [-0.1, -0.05) is 18.2 Å². The number of primary amides is 1. The number of rotatable bonds is 1. The third kappa shape index (κ3) is 1.68. The van der Waals surface area contributed by atoms with E-state index in [9.17, 15) is 4.79 Å². The molecule has 4 nitrogen and oxygen atoms in total. The average molecular weight is 246 g/mol. The molecular weight excluding hydrogens is 228 g/mol. The second-order valence-electron chi connectivity index (χ2n) is 5.20. The lowest BCUT2D eigenvalue weighted by atomic mass is 9.83. The molecule has 3 rings (SSSR count). The van der Waals surface area contributed by atoms with Crippen LogP contribution >= 0.6 is 0 Å². The van der Waals surface area contributed by atoms with Crippen molar-refractivity contribution in [2.24, 2.45) is 11.7 Å². The number of nitrogens with two attached hydrogens (primary N) is 1. The predicted molar refractivity (Wildman–Crippen MR) is 69.4 cm³/mol. The molecule has 96 valence electrons. The van der Waals surface area contributed by atoms with Gasteiger partial charge < -0.3 is 15.4 Å². The van der Waals surface area contributed by atoms with E-state index in [2.05, 4.69) is 24.0 Å². The summed E-state index contributed by atoms with van der Waals surface area (Å²) in [5.74, 6) is -0.375. The Labute approximate surface area is 107 Å². The monoisotopic (exact) mass is 246 g/mol. The number of morpholine rings is 1. The fourth-order valence-electron chi connectivity index (χ4n) is 3.17. The number of hydrogen-bond acceptors (Lipinski definition) is 3. The van der Waals surface area contributed by atoms with Crippen LogP contribution in [0.4, 0.5) is 5.69 Å². The SMILES string of the molecule is CC1COCC2C(C(N)=O)Cc3ccccc3N12. The van der Waals surface area contributed by atoms with Crippen molar-refractivity contribution in [2.75, 3.05) is 18.1 Å². The molecule has 2 N–H and O–H groups in total. The molecule has 1 amide bonds. The summed E-state index contributed by atoms with van der Waals surface area (Å²) in [6, 6.07) is 8.64. The largest absolute Gasteiger partial charge is 0.377 e. The first-order valence-corrected chi connectivity index (χ1v) is 6.42. The fraction of sp³-hybridized carbons (Fsp3) is 0.500. The van der Waals surface area contributed by atoms with E-state index in [1.54, 1.807) is 0 Å². The van der Waals surface area contributed by atoms with Crippen LogP contribution in [-0.2, 0) is 16.0 Å². The molecule has 0 aromatic heterocycles. The maximum absolute atomic E-state index is 11.7. The van der Waals surface area contributed by atoms with Crippen molar-refractivity contribution in [1.82, 2.24) is 0 Å². The molecule has 18 heavy (non-hydrogen) atoms. The van der Waals surface area contributed by atoms with Crippen LogP contribution < -0.4 is 10.6 Å². The van der Waals surface area contributed by atoms with Crippen LogP contribution in [0.1, 0.15) is 12.5 Å². The minimum Gasteiger partial charge on any atom is -0.377 e. The van der Waals surface area contributed by atoms with Gasteiger partial charge in [0.25, 0.3) is 0 Å². The summed E-state index contributed by atoms with van der Waals surface area (Å²) in [5.41, 5.74) is 8.00. The number of para-hydroxylation sites is 1. The summed E-state index contributed by atoms with van der Waals surface area (Å²) in [6.07, 6.45) is 0.725. The first kappa shape index (κ1) is 11.5. The number of nitrogens with zero attached hydrogens (tertiary/aromatic N) is 1. The highest BCUT2D eigenvalue weighted by Gasteiger charge is 2.41. The minimum atomic E-state index is -0.225. The third-order valence-corrected chi connectivity index (χ3v) is 4.02. The standard InChI is InChI=1S/C14H18N2O2/c1-9-7-18-8-13-11(14(15)17)6-10-4-2-3-5-12(10)16(9)13/h2-5,9,11,13H,6-8H2,1H3,(H2,15,17). The van der Waals surface area contributed by atoms with Crippen molar-refractivity contribution in [1.29, 1.82) is 0 Å². The number of carbonyl (C=O) groups is 1. The second-order valence-corrected chi connectivity index (χ2v) is 5.20. The summed E-state index contributed by atoms with van der Waals surface area (Å²) >= 11 is 0. The lowest BCUT2D eigenvalue weighted by Crippen LogP contribution is -2.59. The van der Waals surface area contributed by atoms with E-state index in [0.29, 0.717) is 13.2 Å². The Hall–Kier alpha value is -1.55. The summed E-state index contributed by atoms with van der Waals surface area (Å²) in [7, 11) is 0. The smallest absolute Gasteiger partial charge is 0.223 e. The summed E-state index contributed by atoms with van der Waals surface area (Å²) in [4.78, 5) is 14.0. The average Bonchev–Trinajstić information content (AvgIpc) is 2.37. The molecule has 2 aliphatic rings. The molecule has 0 saturated carbocycles. The quantitative estimate of drug-likeness (QED) is 0.802. The molecular formula is C14H18N2O2. The highest BCUT2D eigenvalue weighted by molar-refractivity contribution is 5.80. The third-order valence-electron chi connectivity index (χ3n) is 4.02. The molecule has 1 fully saturated rings. The van der Waals surface area contributed by atoms with Crippen molar-refractivity contribution in [3.05, 3.63) is 29.8 Å². The maximum atomic E-state index is 11.7. The van der Waals surface area contributed by atoms with Crippen molar-refractivity contribution in [3.63, 3.8) is 0 Å². The number of hydrogen-bond donors (Lipinski definition) is 1. The Morgan fingerprint density at radius 2 is 2.17 bits per heavy atom. The summed E-state index contributed by atoms with van der Waals surface area (Å²) in [6.45, 7) is 3.43. The van der Waals surface area contributed by atoms with Crippen LogP contribution in [0, 0.1) is 5.92 Å². The first-order chi connectivity index (χ1) is 8.68. The normalized spacial score (nSPS) is 30.5. The van der Waals surface area contributed by atoms with Gasteiger partial charge in [-0.2, -0.15) is 0 Å². The van der Waals surface area contributed by atoms with Gasteiger partial charge in [0.1, 0.15) is 0 Å². The minimum absolute atomic E-state index is 0.0844. The molecule has 1 saturated heterocycles. The molecule has 0 spiro atoms. The van der Waals surface area contributed by atoms with Crippen molar-refractivity contribution in [3.8, 4) is 0 Å². The summed E-state index contributed by atoms with van der Waals surface area (Å²) < 4.78 is 5.60. The Morgan fingerprint density at radius 1 is 1.39 bits per heavy atom. The van der Waals surface area contributed by atoms with Crippen LogP contribution in [0.2, 0.25) is 0 Å². The Kier molecular flexibility index (Phi) is 2.74. The van der Waals surface area contributed by atoms with Crippen LogP contribution in [0.15, 0.2) is 24.3 Å². The second kappa shape index (κ2) is 4.28. The molecule has 2 heterocycles. The number of benzene rings is 1. The molecule has 3 atom stereocenters. The van der Waals surface area contributed by atoms with Gasteiger partial charge >= 0.3 is 0 Å². The zero-order chi connectivity index (χ0) is 12.7. The lowest BCUT2D eigenvalue weighted by Gasteiger charge is -2.48. The van der Waals surface area contributed by atoms with Crippen LogP contribution in [0.5, 0.6) is 0 Å². The molecule has 1 aromatic rings. The number of carbonyl (C=O) groups excluding carboxylic acids is 1. The van der Waals surface area contributed by atoms with Gasteiger partial charge in [-0.25, -0.2) is 0 Å². The number of amides is 1. The Morgan fingerprint density at radius 3 is 2.94 bits per heavy atom. The molecule has 0 aliphatic carbocycles. The molecule has 3 unspecified atom stereocenters. The molecule has 2 aliphatic heterocycles. The van der Waals surface area contributed by atoms with E-state index in [4.69, 9.17) is 10.5 Å². The van der Waals surface area contributed by atoms with E-state index in [-0.39, 0.29) is 23.9 Å². The Bertz CT molecular complexity index is 475. The Balaban J connectivity index is 2.07.